The van der Waals surface area contributed by atoms with E-state index in [4.69, 9.17) is 19.9 Å². The predicted octanol–water partition coefficient (Wildman–Crippen LogP) is 5.13. The quantitative estimate of drug-likeness (QED) is 0.446. The number of hydrogen-bond acceptors (Lipinski definition) is 7. The van der Waals surface area contributed by atoms with Gasteiger partial charge in [-0.3, -0.25) is 0 Å². The lowest BCUT2D eigenvalue weighted by atomic mass is 10.0. The summed E-state index contributed by atoms with van der Waals surface area (Å²) in [5.41, 5.74) is 5.94. The predicted molar refractivity (Wildman–Crippen MR) is 121 cm³/mol. The number of nitrogen functional groups attached to an aromatic ring is 1. The Hall–Kier alpha value is -3.27. The summed E-state index contributed by atoms with van der Waals surface area (Å²) in [7, 11) is 3.12. The van der Waals surface area contributed by atoms with Gasteiger partial charge in [0.25, 0.3) is 0 Å². The standard InChI is InChI=1S/C23H27F3N4O3/c1-12(31-4)11-33-21-9-18-19(10-20(21)32-5)29-14(3)30-22(18)28-13(2)15-6-16(23(24,25)26)8-17(27)7-15/h6-10,12-13H,11,27H2,1-5H3,(H,28,29,30)/t12?,13-/m1/s1. The molecular formula is C23H27F3N4O3. The second kappa shape index (κ2) is 9.70. The van der Waals surface area contributed by atoms with Crippen molar-refractivity contribution in [2.75, 3.05) is 31.9 Å². The third-order valence-electron chi connectivity index (χ3n) is 5.13. The molecule has 0 fully saturated rings. The van der Waals surface area contributed by atoms with E-state index in [9.17, 15) is 13.2 Å². The minimum absolute atomic E-state index is 0.0323. The van der Waals surface area contributed by atoms with Crippen molar-refractivity contribution in [2.45, 2.75) is 39.1 Å². The van der Waals surface area contributed by atoms with Gasteiger partial charge in [-0.2, -0.15) is 13.2 Å². The van der Waals surface area contributed by atoms with Crippen LogP contribution in [0.1, 0.15) is 36.8 Å². The number of alkyl halides is 3. The van der Waals surface area contributed by atoms with E-state index >= 15 is 0 Å². The zero-order valence-electron chi connectivity index (χ0n) is 19.1. The first kappa shape index (κ1) is 24.4. The van der Waals surface area contributed by atoms with Crippen molar-refractivity contribution in [2.24, 2.45) is 0 Å². The van der Waals surface area contributed by atoms with Gasteiger partial charge in [-0.05, 0) is 50.6 Å². The van der Waals surface area contributed by atoms with E-state index < -0.39 is 17.8 Å². The lowest BCUT2D eigenvalue weighted by Gasteiger charge is -2.20. The number of anilines is 2. The van der Waals surface area contributed by atoms with Crippen LogP contribution in [0.15, 0.2) is 30.3 Å². The summed E-state index contributed by atoms with van der Waals surface area (Å²) in [4.78, 5) is 8.93. The topological polar surface area (TPSA) is 91.5 Å². The van der Waals surface area contributed by atoms with Gasteiger partial charge in [0.2, 0.25) is 0 Å². The molecule has 0 amide bonds. The van der Waals surface area contributed by atoms with Crippen LogP contribution in [-0.2, 0) is 10.9 Å². The molecule has 0 aliphatic heterocycles. The van der Waals surface area contributed by atoms with Gasteiger partial charge in [-0.15, -0.1) is 0 Å². The average molecular weight is 464 g/mol. The molecule has 0 aliphatic rings. The molecule has 7 nitrogen and oxygen atoms in total. The third-order valence-corrected chi connectivity index (χ3v) is 5.13. The van der Waals surface area contributed by atoms with Gasteiger partial charge in [0.15, 0.2) is 11.5 Å². The molecular weight excluding hydrogens is 437 g/mol. The zero-order chi connectivity index (χ0) is 24.3. The second-order valence-electron chi connectivity index (χ2n) is 7.75. The number of fused-ring (bicyclic) bond motifs is 1. The van der Waals surface area contributed by atoms with Crippen LogP contribution >= 0.6 is 0 Å². The van der Waals surface area contributed by atoms with Crippen LogP contribution in [0.25, 0.3) is 10.9 Å². The van der Waals surface area contributed by atoms with Gasteiger partial charge >= 0.3 is 6.18 Å². The molecule has 33 heavy (non-hydrogen) atoms. The minimum atomic E-state index is -4.50. The maximum absolute atomic E-state index is 13.2. The Morgan fingerprint density at radius 2 is 1.76 bits per heavy atom. The number of hydrogen-bond donors (Lipinski definition) is 2. The highest BCUT2D eigenvalue weighted by molar-refractivity contribution is 5.92. The second-order valence-corrected chi connectivity index (χ2v) is 7.75. The first-order valence-corrected chi connectivity index (χ1v) is 10.3. The summed E-state index contributed by atoms with van der Waals surface area (Å²) in [6.07, 6.45) is -4.63. The van der Waals surface area contributed by atoms with E-state index in [-0.39, 0.29) is 11.8 Å². The van der Waals surface area contributed by atoms with Crippen molar-refractivity contribution in [1.82, 2.24) is 9.97 Å². The van der Waals surface area contributed by atoms with E-state index in [0.29, 0.717) is 46.2 Å². The molecule has 2 atom stereocenters. The highest BCUT2D eigenvalue weighted by atomic mass is 19.4. The highest BCUT2D eigenvalue weighted by Gasteiger charge is 2.31. The number of aromatic nitrogens is 2. The summed E-state index contributed by atoms with van der Waals surface area (Å²) < 4.78 is 56.2. The van der Waals surface area contributed by atoms with E-state index in [1.165, 1.54) is 13.2 Å². The number of nitrogens with one attached hydrogen (secondary N) is 1. The Labute approximate surface area is 190 Å². The molecule has 1 unspecified atom stereocenters. The molecule has 0 radical (unpaired) electrons. The minimum Gasteiger partial charge on any atom is -0.493 e. The fourth-order valence-electron chi connectivity index (χ4n) is 3.29. The van der Waals surface area contributed by atoms with Crippen molar-refractivity contribution in [1.29, 1.82) is 0 Å². The fraction of sp³-hybridized carbons (Fsp3) is 0.391. The van der Waals surface area contributed by atoms with Crippen molar-refractivity contribution < 1.29 is 27.4 Å². The molecule has 3 N–H and O–H groups in total. The van der Waals surface area contributed by atoms with Crippen molar-refractivity contribution in [3.05, 3.63) is 47.3 Å². The van der Waals surface area contributed by atoms with Gasteiger partial charge in [0.05, 0.1) is 30.3 Å². The molecule has 178 valence electrons. The molecule has 0 aliphatic carbocycles. The van der Waals surface area contributed by atoms with Crippen molar-refractivity contribution in [3.63, 3.8) is 0 Å². The van der Waals surface area contributed by atoms with E-state index in [1.54, 1.807) is 33.1 Å². The Bertz CT molecular complexity index is 1140. The number of halogens is 3. The Morgan fingerprint density at radius 3 is 2.39 bits per heavy atom. The first-order chi connectivity index (χ1) is 15.5. The average Bonchev–Trinajstić information content (AvgIpc) is 2.75. The largest absolute Gasteiger partial charge is 0.493 e. The van der Waals surface area contributed by atoms with E-state index in [1.807, 2.05) is 6.92 Å². The molecule has 0 saturated carbocycles. The van der Waals surface area contributed by atoms with Crippen LogP contribution in [-0.4, -0.2) is 36.9 Å². The summed E-state index contributed by atoms with van der Waals surface area (Å²) in [6.45, 7) is 5.64. The van der Waals surface area contributed by atoms with Gasteiger partial charge < -0.3 is 25.3 Å². The van der Waals surface area contributed by atoms with Gasteiger partial charge in [-0.25, -0.2) is 9.97 Å². The lowest BCUT2D eigenvalue weighted by Crippen LogP contribution is -2.16. The molecule has 0 bridgehead atoms. The summed E-state index contributed by atoms with van der Waals surface area (Å²) in [5, 5.41) is 3.83. The van der Waals surface area contributed by atoms with Crippen LogP contribution in [0, 0.1) is 6.92 Å². The molecule has 3 aromatic rings. The van der Waals surface area contributed by atoms with Crippen LogP contribution in [0.4, 0.5) is 24.7 Å². The molecule has 0 saturated heterocycles. The number of nitrogens with zero attached hydrogens (tertiary/aromatic N) is 2. The Balaban J connectivity index is 2.01. The van der Waals surface area contributed by atoms with Crippen LogP contribution in [0.5, 0.6) is 11.5 Å². The number of nitrogens with two attached hydrogens (primary N) is 1. The molecule has 1 heterocycles. The van der Waals surface area contributed by atoms with E-state index in [0.717, 1.165) is 12.1 Å². The maximum atomic E-state index is 13.2. The highest BCUT2D eigenvalue weighted by Crippen LogP contribution is 2.37. The van der Waals surface area contributed by atoms with Crippen molar-refractivity contribution >= 4 is 22.4 Å². The number of aryl methyl sites for hydroxylation is 1. The van der Waals surface area contributed by atoms with Gasteiger partial charge in [0, 0.05) is 24.2 Å². The number of ether oxygens (including phenoxy) is 3. The SMILES string of the molecule is COc1cc2nc(C)nc(N[C@H](C)c3cc(N)cc(C(F)(F)F)c3)c2cc1OCC(C)OC. The van der Waals surface area contributed by atoms with Crippen LogP contribution in [0.3, 0.4) is 0 Å². The first-order valence-electron chi connectivity index (χ1n) is 10.3. The van der Waals surface area contributed by atoms with Crippen LogP contribution < -0.4 is 20.5 Å². The summed E-state index contributed by atoms with van der Waals surface area (Å²) >= 11 is 0. The molecule has 0 spiro atoms. The summed E-state index contributed by atoms with van der Waals surface area (Å²) in [5.74, 6) is 1.91. The molecule has 3 rings (SSSR count). The zero-order valence-corrected chi connectivity index (χ0v) is 19.1. The van der Waals surface area contributed by atoms with Gasteiger partial charge in [-0.1, -0.05) is 0 Å². The summed E-state index contributed by atoms with van der Waals surface area (Å²) in [6, 6.07) is 6.45. The van der Waals surface area contributed by atoms with Gasteiger partial charge in [0.1, 0.15) is 18.2 Å². The molecule has 1 aromatic heterocycles. The Morgan fingerprint density at radius 1 is 1.03 bits per heavy atom. The smallest absolute Gasteiger partial charge is 0.416 e. The number of rotatable bonds is 8. The lowest BCUT2D eigenvalue weighted by molar-refractivity contribution is -0.137. The normalized spacial score (nSPS) is 13.6. The number of benzene rings is 2. The van der Waals surface area contributed by atoms with Crippen LogP contribution in [0.2, 0.25) is 0 Å². The Kier molecular flexibility index (Phi) is 7.16. The third kappa shape index (κ3) is 5.75. The molecule has 2 aromatic carbocycles. The fourth-order valence-corrected chi connectivity index (χ4v) is 3.29. The van der Waals surface area contributed by atoms with Crippen molar-refractivity contribution in [3.8, 4) is 11.5 Å². The van der Waals surface area contributed by atoms with E-state index in [2.05, 4.69) is 15.3 Å². The maximum Gasteiger partial charge on any atom is 0.416 e. The molecule has 10 heteroatoms. The number of methoxy groups -OCH3 is 2. The monoisotopic (exact) mass is 464 g/mol.